The molecule has 0 amide bonds. The molecule has 0 bridgehead atoms. The van der Waals surface area contributed by atoms with Crippen molar-refractivity contribution in [3.63, 3.8) is 0 Å². The number of halogens is 2. The van der Waals surface area contributed by atoms with Crippen molar-refractivity contribution in [3.05, 3.63) is 43.3 Å². The van der Waals surface area contributed by atoms with Crippen molar-refractivity contribution >= 4 is 44.6 Å². The van der Waals surface area contributed by atoms with E-state index in [-0.39, 0.29) is 11.4 Å². The number of nitro groups is 1. The number of benzene rings is 1. The van der Waals surface area contributed by atoms with Crippen molar-refractivity contribution in [2.24, 2.45) is 0 Å². The lowest BCUT2D eigenvalue weighted by molar-refractivity contribution is -0.384. The molecular formula is C9H4BrClN2O3S. The molecule has 1 heterocycles. The van der Waals surface area contributed by atoms with Gasteiger partial charge in [0.1, 0.15) is 4.60 Å². The van der Waals surface area contributed by atoms with Gasteiger partial charge in [0.05, 0.1) is 16.0 Å². The predicted octanol–water partition coefficient (Wildman–Crippen LogP) is 4.26. The summed E-state index contributed by atoms with van der Waals surface area (Å²) in [7, 11) is 0. The Morgan fingerprint density at radius 3 is 2.88 bits per heavy atom. The fourth-order valence-corrected chi connectivity index (χ4v) is 2.32. The molecule has 0 saturated carbocycles. The Labute approximate surface area is 113 Å². The van der Waals surface area contributed by atoms with Gasteiger partial charge in [-0.15, -0.1) is 0 Å². The molecule has 0 atom stereocenters. The van der Waals surface area contributed by atoms with Crippen molar-refractivity contribution in [1.29, 1.82) is 0 Å². The lowest BCUT2D eigenvalue weighted by Gasteiger charge is -2.03. The number of rotatable bonds is 3. The molecule has 0 aliphatic carbocycles. The summed E-state index contributed by atoms with van der Waals surface area (Å²) in [5.41, 5.74) is -0.0833. The number of nitro benzene ring substituents is 1. The first-order chi connectivity index (χ1) is 8.06. The molecule has 0 spiro atoms. The molecule has 0 N–H and O–H groups in total. The molecule has 0 radical (unpaired) electrons. The smallest absolute Gasteiger partial charge is 0.279 e. The molecule has 2 aromatic rings. The van der Waals surface area contributed by atoms with Crippen LogP contribution in [0, 0.1) is 10.1 Å². The van der Waals surface area contributed by atoms with Crippen LogP contribution in [0.2, 0.25) is 5.02 Å². The summed E-state index contributed by atoms with van der Waals surface area (Å²) >= 11 is 10.3. The Balaban J connectivity index is 2.31. The molecular weight excluding hydrogens is 332 g/mol. The van der Waals surface area contributed by atoms with E-state index in [1.165, 1.54) is 29.5 Å². The molecule has 1 aromatic heterocycles. The second-order valence-electron chi connectivity index (χ2n) is 2.91. The number of nitrogens with zero attached hydrogens (tertiary/aromatic N) is 2. The second-order valence-corrected chi connectivity index (χ2v) is 4.95. The van der Waals surface area contributed by atoms with Crippen molar-refractivity contribution in [2.75, 3.05) is 0 Å². The highest BCUT2D eigenvalue weighted by Gasteiger charge is 2.12. The van der Waals surface area contributed by atoms with E-state index in [1.807, 2.05) is 0 Å². The number of hydrogen-bond donors (Lipinski definition) is 0. The van der Waals surface area contributed by atoms with Crippen LogP contribution in [0.1, 0.15) is 0 Å². The van der Waals surface area contributed by atoms with E-state index in [9.17, 15) is 10.1 Å². The zero-order valence-corrected chi connectivity index (χ0v) is 11.3. The van der Waals surface area contributed by atoms with Crippen LogP contribution in [0.4, 0.5) is 5.69 Å². The van der Waals surface area contributed by atoms with Gasteiger partial charge >= 0.3 is 0 Å². The van der Waals surface area contributed by atoms with E-state index < -0.39 is 4.92 Å². The van der Waals surface area contributed by atoms with Gasteiger partial charge in [-0.25, -0.2) is 0 Å². The number of ether oxygens (including phenoxy) is 1. The molecule has 8 heteroatoms. The number of aromatic nitrogens is 1. The maximum atomic E-state index is 10.6. The summed E-state index contributed by atoms with van der Waals surface area (Å²) in [6.07, 6.45) is 0. The van der Waals surface area contributed by atoms with E-state index in [2.05, 4.69) is 20.9 Å². The largest absolute Gasteiger partial charge is 0.429 e. The van der Waals surface area contributed by atoms with E-state index >= 15 is 0 Å². The van der Waals surface area contributed by atoms with Gasteiger partial charge in [0, 0.05) is 11.4 Å². The van der Waals surface area contributed by atoms with Crippen LogP contribution >= 0.6 is 38.9 Å². The standard InChI is InChI=1S/C9H4BrClN2O3S/c10-8-4-17-9(12-8)16-7-3-5(13(14)15)1-2-6(7)11/h1-4H. The molecule has 0 aliphatic rings. The fraction of sp³-hybridized carbons (Fsp3) is 0. The van der Waals surface area contributed by atoms with Gasteiger partial charge in [-0.05, 0) is 22.0 Å². The minimum Gasteiger partial charge on any atom is -0.429 e. The average Bonchev–Trinajstić information content (AvgIpc) is 2.67. The third-order valence-electron chi connectivity index (χ3n) is 1.78. The minimum atomic E-state index is -0.513. The monoisotopic (exact) mass is 334 g/mol. The zero-order valence-electron chi connectivity index (χ0n) is 8.09. The minimum absolute atomic E-state index is 0.0833. The summed E-state index contributed by atoms with van der Waals surface area (Å²) in [4.78, 5) is 14.1. The van der Waals surface area contributed by atoms with Crippen LogP contribution in [0.5, 0.6) is 10.9 Å². The predicted molar refractivity (Wildman–Crippen MR) is 68.0 cm³/mol. The molecule has 0 aliphatic heterocycles. The van der Waals surface area contributed by atoms with Crippen LogP contribution in [0.25, 0.3) is 0 Å². The van der Waals surface area contributed by atoms with Crippen molar-refractivity contribution in [2.45, 2.75) is 0 Å². The number of non-ortho nitro benzene ring substituents is 1. The first-order valence-electron chi connectivity index (χ1n) is 4.29. The number of thiazole rings is 1. The highest BCUT2D eigenvalue weighted by Crippen LogP contribution is 2.34. The van der Waals surface area contributed by atoms with E-state index in [1.54, 1.807) is 5.38 Å². The summed E-state index contributed by atoms with van der Waals surface area (Å²) in [6, 6.07) is 3.99. The highest BCUT2D eigenvalue weighted by atomic mass is 79.9. The lowest BCUT2D eigenvalue weighted by Crippen LogP contribution is -1.90. The second kappa shape index (κ2) is 4.99. The van der Waals surface area contributed by atoms with Crippen molar-refractivity contribution in [3.8, 4) is 10.9 Å². The van der Waals surface area contributed by atoms with Gasteiger partial charge in [0.2, 0.25) is 0 Å². The lowest BCUT2D eigenvalue weighted by atomic mass is 10.3. The topological polar surface area (TPSA) is 65.3 Å². The first kappa shape index (κ1) is 12.3. The zero-order chi connectivity index (χ0) is 12.4. The number of hydrogen-bond acceptors (Lipinski definition) is 5. The van der Waals surface area contributed by atoms with Gasteiger partial charge in [-0.1, -0.05) is 22.9 Å². The van der Waals surface area contributed by atoms with Crippen LogP contribution in [0.3, 0.4) is 0 Å². The Morgan fingerprint density at radius 1 is 1.53 bits per heavy atom. The Morgan fingerprint density at radius 2 is 2.29 bits per heavy atom. The van der Waals surface area contributed by atoms with Gasteiger partial charge < -0.3 is 4.74 Å². The van der Waals surface area contributed by atoms with Gasteiger partial charge in [-0.3, -0.25) is 10.1 Å². The Kier molecular flexibility index (Phi) is 3.60. The molecule has 5 nitrogen and oxygen atoms in total. The van der Waals surface area contributed by atoms with Gasteiger partial charge in [-0.2, -0.15) is 4.98 Å². The molecule has 0 saturated heterocycles. The van der Waals surface area contributed by atoms with E-state index in [0.717, 1.165) is 0 Å². The SMILES string of the molecule is O=[N+]([O-])c1ccc(Cl)c(Oc2nc(Br)cs2)c1. The molecule has 1 aromatic carbocycles. The third-order valence-corrected chi connectivity index (χ3v) is 3.52. The summed E-state index contributed by atoms with van der Waals surface area (Å²) in [6.45, 7) is 0. The summed E-state index contributed by atoms with van der Waals surface area (Å²) in [5.74, 6) is 0.211. The quantitative estimate of drug-likeness (QED) is 0.621. The molecule has 0 fully saturated rings. The molecule has 0 unspecified atom stereocenters. The third kappa shape index (κ3) is 2.93. The van der Waals surface area contributed by atoms with Crippen molar-refractivity contribution in [1.82, 2.24) is 4.98 Å². The van der Waals surface area contributed by atoms with Crippen LogP contribution in [-0.2, 0) is 0 Å². The van der Waals surface area contributed by atoms with E-state index in [0.29, 0.717) is 14.8 Å². The Hall–Kier alpha value is -1.18. The molecule has 88 valence electrons. The van der Waals surface area contributed by atoms with Gasteiger partial charge in [0.15, 0.2) is 5.75 Å². The van der Waals surface area contributed by atoms with Crippen LogP contribution < -0.4 is 4.74 Å². The summed E-state index contributed by atoms with van der Waals surface area (Å²) in [5, 5.41) is 13.0. The van der Waals surface area contributed by atoms with Gasteiger partial charge in [0.25, 0.3) is 10.9 Å². The molecule has 17 heavy (non-hydrogen) atoms. The fourth-order valence-electron chi connectivity index (χ4n) is 1.06. The molecule has 2 rings (SSSR count). The van der Waals surface area contributed by atoms with Crippen molar-refractivity contribution < 1.29 is 9.66 Å². The maximum absolute atomic E-state index is 10.6. The first-order valence-corrected chi connectivity index (χ1v) is 6.34. The normalized spacial score (nSPS) is 10.2. The van der Waals surface area contributed by atoms with Crippen LogP contribution in [-0.4, -0.2) is 9.91 Å². The van der Waals surface area contributed by atoms with Crippen LogP contribution in [0.15, 0.2) is 28.2 Å². The maximum Gasteiger partial charge on any atom is 0.279 e. The summed E-state index contributed by atoms with van der Waals surface area (Å²) < 4.78 is 6.00. The Bertz CT molecular complexity index is 575. The highest BCUT2D eigenvalue weighted by molar-refractivity contribution is 9.10. The average molecular weight is 336 g/mol. The van der Waals surface area contributed by atoms with E-state index in [4.69, 9.17) is 16.3 Å².